The topological polar surface area (TPSA) is 21.3 Å². The van der Waals surface area contributed by atoms with Crippen LogP contribution in [0.15, 0.2) is 24.3 Å². The van der Waals surface area contributed by atoms with Crippen LogP contribution in [0, 0.1) is 5.82 Å². The summed E-state index contributed by atoms with van der Waals surface area (Å²) in [4.78, 5) is 4.12. The van der Waals surface area contributed by atoms with Crippen molar-refractivity contribution < 1.29 is 22.4 Å². The molecule has 0 aliphatic heterocycles. The molecule has 0 bridgehead atoms. The van der Waals surface area contributed by atoms with Gasteiger partial charge in [-0.1, -0.05) is 18.2 Å². The summed E-state index contributed by atoms with van der Waals surface area (Å²) in [7, 11) is 0. The van der Waals surface area contributed by atoms with Gasteiger partial charge in [-0.05, 0) is 6.07 Å². The van der Waals surface area contributed by atoms with E-state index in [2.05, 4.69) is 4.84 Å². The van der Waals surface area contributed by atoms with Crippen LogP contribution in [0.1, 0.15) is 5.56 Å². The fraction of sp³-hybridized carbons (Fsp3) is 0.333. The average Bonchev–Trinajstić information content (AvgIpc) is 2.13. The van der Waals surface area contributed by atoms with Gasteiger partial charge in [0.1, 0.15) is 5.82 Å². The van der Waals surface area contributed by atoms with Crippen LogP contribution in [-0.4, -0.2) is 12.8 Å². The standard InChI is InChI=1S/C9H9F4NO/c10-8-4-2-1-3-7(8)5-14-15-6-9(11,12)13/h1-4,14H,5-6H2. The summed E-state index contributed by atoms with van der Waals surface area (Å²) in [6.07, 6.45) is -4.39. The molecule has 2 nitrogen and oxygen atoms in total. The molecule has 0 fully saturated rings. The lowest BCUT2D eigenvalue weighted by Gasteiger charge is -2.08. The van der Waals surface area contributed by atoms with Crippen LogP contribution >= 0.6 is 0 Å². The molecule has 0 saturated carbocycles. The molecular weight excluding hydrogens is 214 g/mol. The molecule has 0 aliphatic rings. The lowest BCUT2D eigenvalue weighted by Crippen LogP contribution is -2.24. The van der Waals surface area contributed by atoms with Crippen molar-refractivity contribution in [1.29, 1.82) is 0 Å². The molecule has 1 N–H and O–H groups in total. The third-order valence-electron chi connectivity index (χ3n) is 1.56. The van der Waals surface area contributed by atoms with Crippen LogP contribution in [0.25, 0.3) is 0 Å². The third kappa shape index (κ3) is 4.75. The molecule has 0 aromatic heterocycles. The van der Waals surface area contributed by atoms with Gasteiger partial charge in [-0.2, -0.15) is 18.7 Å². The van der Waals surface area contributed by atoms with Crippen LogP contribution in [0.2, 0.25) is 0 Å². The second kappa shape index (κ2) is 5.09. The summed E-state index contributed by atoms with van der Waals surface area (Å²) < 4.78 is 47.8. The quantitative estimate of drug-likeness (QED) is 0.480. The molecule has 0 saturated heterocycles. The van der Waals surface area contributed by atoms with E-state index in [1.165, 1.54) is 18.2 Å². The maximum absolute atomic E-state index is 12.9. The Hall–Kier alpha value is -1.14. The number of hydrogen-bond donors (Lipinski definition) is 1. The molecule has 0 aliphatic carbocycles. The van der Waals surface area contributed by atoms with E-state index in [0.717, 1.165) is 0 Å². The van der Waals surface area contributed by atoms with Gasteiger partial charge in [0.05, 0.1) is 0 Å². The maximum Gasteiger partial charge on any atom is 0.413 e. The zero-order chi connectivity index (χ0) is 11.3. The Kier molecular flexibility index (Phi) is 4.05. The molecule has 6 heteroatoms. The Balaban J connectivity index is 2.30. The maximum atomic E-state index is 12.9. The van der Waals surface area contributed by atoms with Gasteiger partial charge >= 0.3 is 6.18 Å². The number of nitrogens with one attached hydrogen (secondary N) is 1. The number of hydroxylamine groups is 1. The summed E-state index contributed by atoms with van der Waals surface area (Å²) in [5, 5.41) is 0. The van der Waals surface area contributed by atoms with E-state index in [9.17, 15) is 17.6 Å². The fourth-order valence-electron chi connectivity index (χ4n) is 0.903. The molecule has 0 amide bonds. The minimum Gasteiger partial charge on any atom is -0.292 e. The van der Waals surface area contributed by atoms with Gasteiger partial charge in [-0.15, -0.1) is 0 Å². The van der Waals surface area contributed by atoms with Crippen molar-refractivity contribution in [1.82, 2.24) is 5.48 Å². The molecule has 0 unspecified atom stereocenters. The van der Waals surface area contributed by atoms with Gasteiger partial charge < -0.3 is 0 Å². The predicted octanol–water partition coefficient (Wildman–Crippen LogP) is 2.41. The Bertz CT molecular complexity index is 313. The van der Waals surface area contributed by atoms with Crippen molar-refractivity contribution >= 4 is 0 Å². The molecule has 0 atom stereocenters. The second-order valence-electron chi connectivity index (χ2n) is 2.82. The van der Waals surface area contributed by atoms with Crippen LogP contribution in [0.3, 0.4) is 0 Å². The van der Waals surface area contributed by atoms with Crippen molar-refractivity contribution in [3.8, 4) is 0 Å². The van der Waals surface area contributed by atoms with Crippen molar-refractivity contribution in [3.05, 3.63) is 35.6 Å². The number of alkyl halides is 3. The normalized spacial score (nSPS) is 11.7. The van der Waals surface area contributed by atoms with Gasteiger partial charge in [0, 0.05) is 12.1 Å². The predicted molar refractivity (Wildman–Crippen MR) is 45.2 cm³/mol. The van der Waals surface area contributed by atoms with E-state index in [0.29, 0.717) is 0 Å². The van der Waals surface area contributed by atoms with Crippen molar-refractivity contribution in [2.45, 2.75) is 12.7 Å². The first kappa shape index (κ1) is 11.9. The number of hydrogen-bond acceptors (Lipinski definition) is 2. The van der Waals surface area contributed by atoms with Gasteiger partial charge in [0.25, 0.3) is 0 Å². The number of benzene rings is 1. The van der Waals surface area contributed by atoms with E-state index in [-0.39, 0.29) is 12.1 Å². The molecule has 1 rings (SSSR count). The summed E-state index contributed by atoms with van der Waals surface area (Å²) in [6, 6.07) is 5.76. The highest BCUT2D eigenvalue weighted by atomic mass is 19.4. The molecule has 15 heavy (non-hydrogen) atoms. The van der Waals surface area contributed by atoms with E-state index in [1.54, 1.807) is 6.07 Å². The summed E-state index contributed by atoms with van der Waals surface area (Å²) in [5.41, 5.74) is 2.29. The fourth-order valence-corrected chi connectivity index (χ4v) is 0.903. The van der Waals surface area contributed by atoms with Crippen LogP contribution in [-0.2, 0) is 11.4 Å². The monoisotopic (exact) mass is 223 g/mol. The first-order valence-corrected chi connectivity index (χ1v) is 4.14. The molecule has 0 heterocycles. The van der Waals surface area contributed by atoms with Crippen molar-refractivity contribution in [2.24, 2.45) is 0 Å². The van der Waals surface area contributed by atoms with E-state index in [4.69, 9.17) is 0 Å². The highest BCUT2D eigenvalue weighted by Crippen LogP contribution is 2.13. The Morgan fingerprint density at radius 3 is 2.47 bits per heavy atom. The highest BCUT2D eigenvalue weighted by molar-refractivity contribution is 5.16. The van der Waals surface area contributed by atoms with Gasteiger partial charge in [0.15, 0.2) is 6.61 Å². The highest BCUT2D eigenvalue weighted by Gasteiger charge is 2.27. The molecular formula is C9H9F4NO. The zero-order valence-electron chi connectivity index (χ0n) is 7.64. The molecule has 0 spiro atoms. The van der Waals surface area contributed by atoms with Crippen molar-refractivity contribution in [2.75, 3.05) is 6.61 Å². The van der Waals surface area contributed by atoms with Crippen LogP contribution in [0.4, 0.5) is 17.6 Å². The third-order valence-corrected chi connectivity index (χ3v) is 1.56. The lowest BCUT2D eigenvalue weighted by atomic mass is 10.2. The summed E-state index contributed by atoms with van der Waals surface area (Å²) in [6.45, 7) is -1.51. The minimum absolute atomic E-state index is 0.108. The van der Waals surface area contributed by atoms with Crippen molar-refractivity contribution in [3.63, 3.8) is 0 Å². The zero-order valence-corrected chi connectivity index (χ0v) is 7.64. The first-order chi connectivity index (χ1) is 6.99. The van der Waals surface area contributed by atoms with Gasteiger partial charge in [-0.3, -0.25) is 4.84 Å². The lowest BCUT2D eigenvalue weighted by molar-refractivity contribution is -0.190. The minimum atomic E-state index is -4.39. The summed E-state index contributed by atoms with van der Waals surface area (Å²) in [5.74, 6) is -0.486. The van der Waals surface area contributed by atoms with E-state index >= 15 is 0 Å². The summed E-state index contributed by atoms with van der Waals surface area (Å²) >= 11 is 0. The molecule has 1 aromatic rings. The number of rotatable bonds is 4. The van der Waals surface area contributed by atoms with Gasteiger partial charge in [-0.25, -0.2) is 4.39 Å². The molecule has 0 radical (unpaired) electrons. The number of halogens is 4. The molecule has 1 aromatic carbocycles. The van der Waals surface area contributed by atoms with Gasteiger partial charge in [0.2, 0.25) is 0 Å². The Labute approximate surface area is 83.8 Å². The Morgan fingerprint density at radius 2 is 1.87 bits per heavy atom. The van der Waals surface area contributed by atoms with E-state index in [1.807, 2.05) is 5.48 Å². The second-order valence-corrected chi connectivity index (χ2v) is 2.82. The Morgan fingerprint density at radius 1 is 1.20 bits per heavy atom. The molecule has 84 valence electrons. The largest absolute Gasteiger partial charge is 0.413 e. The van der Waals surface area contributed by atoms with Crippen LogP contribution < -0.4 is 5.48 Å². The smallest absolute Gasteiger partial charge is 0.292 e. The average molecular weight is 223 g/mol. The van der Waals surface area contributed by atoms with Crippen LogP contribution in [0.5, 0.6) is 0 Å². The first-order valence-electron chi connectivity index (χ1n) is 4.14. The SMILES string of the molecule is Fc1ccccc1CNOCC(F)(F)F. The van der Waals surface area contributed by atoms with E-state index < -0.39 is 18.6 Å².